The van der Waals surface area contributed by atoms with Crippen molar-refractivity contribution in [2.45, 2.75) is 44.2 Å². The van der Waals surface area contributed by atoms with E-state index in [9.17, 15) is 13.2 Å². The molecule has 1 N–H and O–H groups in total. The Labute approximate surface area is 189 Å². The third kappa shape index (κ3) is 5.52. The van der Waals surface area contributed by atoms with Crippen LogP contribution in [0.5, 0.6) is 17.2 Å². The minimum Gasteiger partial charge on any atom is -0.496 e. The van der Waals surface area contributed by atoms with Gasteiger partial charge in [0, 0.05) is 19.6 Å². The third-order valence-corrected chi connectivity index (χ3v) is 6.56. The number of ether oxygens (including phenoxy) is 3. The molecule has 0 atom stereocenters. The summed E-state index contributed by atoms with van der Waals surface area (Å²) in [4.78, 5) is 14.6. The van der Waals surface area contributed by atoms with Gasteiger partial charge in [-0.25, -0.2) is 13.1 Å². The number of rotatable bonds is 9. The van der Waals surface area contributed by atoms with Gasteiger partial charge in [0.1, 0.15) is 5.75 Å². The van der Waals surface area contributed by atoms with Crippen molar-refractivity contribution >= 4 is 15.9 Å². The predicted molar refractivity (Wildman–Crippen MR) is 121 cm³/mol. The summed E-state index contributed by atoms with van der Waals surface area (Å²) in [7, 11) is -0.865. The molecule has 1 aliphatic heterocycles. The van der Waals surface area contributed by atoms with Crippen LogP contribution < -0.4 is 18.9 Å². The van der Waals surface area contributed by atoms with Crippen molar-refractivity contribution < 1.29 is 27.4 Å². The molecular weight excluding hydrogens is 432 g/mol. The second-order valence-electron chi connectivity index (χ2n) is 7.84. The van der Waals surface area contributed by atoms with Crippen LogP contribution in [0.4, 0.5) is 0 Å². The lowest BCUT2D eigenvalue weighted by atomic mass is 10.1. The van der Waals surface area contributed by atoms with Gasteiger partial charge in [-0.3, -0.25) is 4.79 Å². The molecule has 2 aromatic rings. The summed E-state index contributed by atoms with van der Waals surface area (Å²) in [5, 5.41) is 0. The van der Waals surface area contributed by atoms with Crippen LogP contribution in [0.3, 0.4) is 0 Å². The van der Waals surface area contributed by atoms with E-state index in [0.29, 0.717) is 35.9 Å². The number of sulfonamides is 1. The minimum atomic E-state index is -3.86. The summed E-state index contributed by atoms with van der Waals surface area (Å²) < 4.78 is 44.8. The van der Waals surface area contributed by atoms with Gasteiger partial charge in [-0.1, -0.05) is 6.07 Å². The van der Waals surface area contributed by atoms with Crippen molar-refractivity contribution in [1.29, 1.82) is 0 Å². The monoisotopic (exact) mass is 462 g/mol. The Hall–Kier alpha value is -2.78. The zero-order valence-electron chi connectivity index (χ0n) is 18.9. The minimum absolute atomic E-state index is 0.00701. The summed E-state index contributed by atoms with van der Waals surface area (Å²) in [5.74, 6) is 1.25. The first-order valence-electron chi connectivity index (χ1n) is 10.6. The van der Waals surface area contributed by atoms with Crippen LogP contribution in [0.25, 0.3) is 0 Å². The number of nitrogens with one attached hydrogen (secondary N) is 1. The molecule has 9 heteroatoms. The maximum atomic E-state index is 12.9. The molecule has 32 heavy (non-hydrogen) atoms. The fourth-order valence-electron chi connectivity index (χ4n) is 3.55. The smallest absolute Gasteiger partial charge is 0.257 e. The number of methoxy groups -OCH3 is 2. The molecule has 0 bridgehead atoms. The lowest BCUT2D eigenvalue weighted by Crippen LogP contribution is -2.29. The van der Waals surface area contributed by atoms with Gasteiger partial charge < -0.3 is 19.1 Å². The lowest BCUT2D eigenvalue weighted by molar-refractivity contribution is 0.0789. The van der Waals surface area contributed by atoms with Gasteiger partial charge in [-0.15, -0.1) is 0 Å². The summed E-state index contributed by atoms with van der Waals surface area (Å²) in [6.07, 6.45) is 1.87. The van der Waals surface area contributed by atoms with Crippen molar-refractivity contribution in [1.82, 2.24) is 9.62 Å². The molecule has 0 aliphatic carbocycles. The van der Waals surface area contributed by atoms with Gasteiger partial charge in [-0.05, 0) is 62.6 Å². The first-order chi connectivity index (χ1) is 15.2. The van der Waals surface area contributed by atoms with Crippen molar-refractivity contribution in [3.05, 3.63) is 47.5 Å². The SMILES string of the molecule is COc1cc(CNS(=O)(=O)c2ccc(OC)c(C(=O)N3CCCC3)c2)ccc1OC(C)C. The third-order valence-electron chi connectivity index (χ3n) is 5.16. The topological polar surface area (TPSA) is 94.2 Å². The van der Waals surface area contributed by atoms with E-state index >= 15 is 0 Å². The molecule has 2 aromatic carbocycles. The number of nitrogens with zero attached hydrogens (tertiary/aromatic N) is 1. The highest BCUT2D eigenvalue weighted by Gasteiger charge is 2.25. The zero-order chi connectivity index (χ0) is 23.3. The first kappa shape index (κ1) is 23.9. The molecule has 1 amide bonds. The Kier molecular flexibility index (Phi) is 7.63. The fraction of sp³-hybridized carbons (Fsp3) is 0.435. The molecular formula is C23H30N2O6S. The van der Waals surface area contributed by atoms with Gasteiger partial charge in [0.15, 0.2) is 11.5 Å². The largest absolute Gasteiger partial charge is 0.496 e. The van der Waals surface area contributed by atoms with Crippen LogP contribution in [0, 0.1) is 0 Å². The van der Waals surface area contributed by atoms with E-state index in [1.165, 1.54) is 32.4 Å². The molecule has 0 radical (unpaired) electrons. The molecule has 1 fully saturated rings. The fourth-order valence-corrected chi connectivity index (χ4v) is 4.59. The van der Waals surface area contributed by atoms with Gasteiger partial charge in [0.05, 0.1) is 30.8 Å². The van der Waals surface area contributed by atoms with E-state index in [0.717, 1.165) is 12.8 Å². The van der Waals surface area contributed by atoms with Crippen molar-refractivity contribution in [3.63, 3.8) is 0 Å². The van der Waals surface area contributed by atoms with Crippen LogP contribution in [0.2, 0.25) is 0 Å². The number of likely N-dealkylation sites (tertiary alicyclic amines) is 1. The molecule has 1 saturated heterocycles. The molecule has 174 valence electrons. The number of amides is 1. The van der Waals surface area contributed by atoms with Gasteiger partial charge >= 0.3 is 0 Å². The average Bonchev–Trinajstić information content (AvgIpc) is 3.32. The molecule has 1 aliphatic rings. The Balaban J connectivity index is 1.79. The van der Waals surface area contributed by atoms with E-state index in [2.05, 4.69) is 4.72 Å². The summed E-state index contributed by atoms with van der Waals surface area (Å²) in [5.41, 5.74) is 0.956. The Bertz CT molecular complexity index is 1060. The maximum absolute atomic E-state index is 12.9. The lowest BCUT2D eigenvalue weighted by Gasteiger charge is -2.18. The number of hydrogen-bond acceptors (Lipinski definition) is 6. The van der Waals surface area contributed by atoms with Gasteiger partial charge in [0.2, 0.25) is 10.0 Å². The standard InChI is InChI=1S/C23H30N2O6S/c1-16(2)31-21-9-7-17(13-22(21)30-4)15-24-32(27,28)18-8-10-20(29-3)19(14-18)23(26)25-11-5-6-12-25/h7-10,13-14,16,24H,5-6,11-12,15H2,1-4H3. The number of carbonyl (C=O) groups excluding carboxylic acids is 1. The Morgan fingerprint density at radius 1 is 1.00 bits per heavy atom. The maximum Gasteiger partial charge on any atom is 0.257 e. The highest BCUT2D eigenvalue weighted by molar-refractivity contribution is 7.89. The van der Waals surface area contributed by atoms with E-state index in [1.54, 1.807) is 23.1 Å². The highest BCUT2D eigenvalue weighted by Crippen LogP contribution is 2.29. The van der Waals surface area contributed by atoms with Crippen LogP contribution in [-0.2, 0) is 16.6 Å². The van der Waals surface area contributed by atoms with Crippen molar-refractivity contribution in [2.75, 3.05) is 27.3 Å². The average molecular weight is 463 g/mol. The number of carbonyl (C=O) groups is 1. The summed E-state index contributed by atoms with van der Waals surface area (Å²) in [6.45, 7) is 5.21. The normalized spacial score (nSPS) is 14.0. The van der Waals surface area contributed by atoms with E-state index < -0.39 is 10.0 Å². The number of hydrogen-bond donors (Lipinski definition) is 1. The van der Waals surface area contributed by atoms with Crippen LogP contribution in [0.1, 0.15) is 42.6 Å². The Morgan fingerprint density at radius 2 is 1.66 bits per heavy atom. The Morgan fingerprint density at radius 3 is 2.28 bits per heavy atom. The van der Waals surface area contributed by atoms with Crippen LogP contribution >= 0.6 is 0 Å². The van der Waals surface area contributed by atoms with Crippen LogP contribution in [-0.4, -0.2) is 52.6 Å². The molecule has 0 spiro atoms. The molecule has 0 saturated carbocycles. The summed E-state index contributed by atoms with van der Waals surface area (Å²) in [6, 6.07) is 9.58. The van der Waals surface area contributed by atoms with Crippen molar-refractivity contribution in [3.8, 4) is 17.2 Å². The van der Waals surface area contributed by atoms with Gasteiger partial charge in [0.25, 0.3) is 5.91 Å². The molecule has 0 unspecified atom stereocenters. The quantitative estimate of drug-likeness (QED) is 0.615. The van der Waals surface area contributed by atoms with Crippen molar-refractivity contribution in [2.24, 2.45) is 0 Å². The van der Waals surface area contributed by atoms with Crippen LogP contribution in [0.15, 0.2) is 41.3 Å². The molecule has 3 rings (SSSR count). The molecule has 0 aromatic heterocycles. The summed E-state index contributed by atoms with van der Waals surface area (Å²) >= 11 is 0. The first-order valence-corrected chi connectivity index (χ1v) is 12.0. The number of benzene rings is 2. The zero-order valence-corrected chi connectivity index (χ0v) is 19.7. The second kappa shape index (κ2) is 10.2. The van der Waals surface area contributed by atoms with E-state index in [-0.39, 0.29) is 29.0 Å². The predicted octanol–water partition coefficient (Wildman–Crippen LogP) is 3.21. The highest BCUT2D eigenvalue weighted by atomic mass is 32.2. The molecule has 1 heterocycles. The molecule has 8 nitrogen and oxygen atoms in total. The van der Waals surface area contributed by atoms with E-state index in [1.807, 2.05) is 13.8 Å². The van der Waals surface area contributed by atoms with E-state index in [4.69, 9.17) is 14.2 Å². The van der Waals surface area contributed by atoms with Gasteiger partial charge in [-0.2, -0.15) is 0 Å². The second-order valence-corrected chi connectivity index (χ2v) is 9.60.